The van der Waals surface area contributed by atoms with E-state index in [-0.39, 0.29) is 13.1 Å². The Labute approximate surface area is 141 Å². The van der Waals surface area contributed by atoms with Crippen LogP contribution in [0.15, 0.2) is 42.7 Å². The van der Waals surface area contributed by atoms with Gasteiger partial charge in [-0.1, -0.05) is 24.3 Å². The number of alkyl halides is 2. The summed E-state index contributed by atoms with van der Waals surface area (Å²) in [6.07, 6.45) is 1.36. The quantitative estimate of drug-likeness (QED) is 0.785. The third-order valence-corrected chi connectivity index (χ3v) is 4.26. The summed E-state index contributed by atoms with van der Waals surface area (Å²) in [6.45, 7) is 0.112. The fraction of sp³-hybridized carbons (Fsp3) is 0.235. The molecule has 3 aromatic rings. The third-order valence-electron chi connectivity index (χ3n) is 4.26. The molecule has 3 heterocycles. The van der Waals surface area contributed by atoms with Crippen LogP contribution in [0, 0.1) is 0 Å². The lowest BCUT2D eigenvalue weighted by Gasteiger charge is -2.38. The van der Waals surface area contributed by atoms with Gasteiger partial charge < -0.3 is 5.73 Å². The summed E-state index contributed by atoms with van der Waals surface area (Å²) in [4.78, 5) is 17.3. The van der Waals surface area contributed by atoms with Crippen molar-refractivity contribution < 1.29 is 13.6 Å². The molecule has 25 heavy (non-hydrogen) atoms. The van der Waals surface area contributed by atoms with E-state index in [0.717, 1.165) is 16.8 Å². The van der Waals surface area contributed by atoms with E-state index in [9.17, 15) is 13.6 Å². The summed E-state index contributed by atoms with van der Waals surface area (Å²) in [5.41, 5.74) is 8.66. The Morgan fingerprint density at radius 1 is 1.16 bits per heavy atom. The minimum atomic E-state index is -2.55. The maximum Gasteiger partial charge on any atom is 0.272 e. The first-order chi connectivity index (χ1) is 11.9. The molecule has 0 atom stereocenters. The van der Waals surface area contributed by atoms with Crippen molar-refractivity contribution in [2.75, 3.05) is 13.1 Å². The lowest BCUT2D eigenvalue weighted by Crippen LogP contribution is -2.55. The zero-order valence-corrected chi connectivity index (χ0v) is 13.2. The molecule has 0 aliphatic carbocycles. The Kier molecular flexibility index (Phi) is 3.50. The number of benzene rings is 1. The van der Waals surface area contributed by atoms with E-state index >= 15 is 0 Å². The van der Waals surface area contributed by atoms with Gasteiger partial charge in [-0.25, -0.2) is 18.3 Å². The van der Waals surface area contributed by atoms with Gasteiger partial charge in [-0.3, -0.25) is 9.69 Å². The van der Waals surface area contributed by atoms with Crippen LogP contribution in [0.1, 0.15) is 15.9 Å². The lowest BCUT2D eigenvalue weighted by molar-refractivity contribution is -0.133. The predicted molar refractivity (Wildman–Crippen MR) is 87.2 cm³/mol. The van der Waals surface area contributed by atoms with Gasteiger partial charge in [0.1, 0.15) is 6.33 Å². The maximum absolute atomic E-state index is 12.9. The molecule has 8 heteroatoms. The Balaban J connectivity index is 1.60. The summed E-state index contributed by atoms with van der Waals surface area (Å²) >= 11 is 0. The van der Waals surface area contributed by atoms with E-state index in [4.69, 9.17) is 5.73 Å². The molecule has 1 aromatic carbocycles. The number of hydrogen-bond donors (Lipinski definition) is 1. The Morgan fingerprint density at radius 3 is 2.52 bits per heavy atom. The number of hydrogen-bond acceptors (Lipinski definition) is 4. The SMILES string of the molecule is NC(=O)c1ccc(-c2ccc(CN3CC(F)(F)C3)cc2)n2ncnc12. The van der Waals surface area contributed by atoms with Crippen LogP contribution in [0.5, 0.6) is 0 Å². The zero-order valence-electron chi connectivity index (χ0n) is 13.2. The van der Waals surface area contributed by atoms with E-state index in [1.165, 1.54) is 6.33 Å². The minimum Gasteiger partial charge on any atom is -0.365 e. The first-order valence-electron chi connectivity index (χ1n) is 7.75. The van der Waals surface area contributed by atoms with Gasteiger partial charge in [0, 0.05) is 12.1 Å². The number of primary amides is 1. The van der Waals surface area contributed by atoms with Crippen molar-refractivity contribution in [3.05, 3.63) is 53.9 Å². The fourth-order valence-corrected chi connectivity index (χ4v) is 3.08. The summed E-state index contributed by atoms with van der Waals surface area (Å²) in [6, 6.07) is 11.0. The molecule has 0 radical (unpaired) electrons. The number of carbonyl (C=O) groups is 1. The zero-order chi connectivity index (χ0) is 17.6. The minimum absolute atomic E-state index is 0.192. The van der Waals surface area contributed by atoms with Crippen LogP contribution < -0.4 is 5.73 Å². The lowest BCUT2D eigenvalue weighted by atomic mass is 10.1. The molecule has 0 unspecified atom stereocenters. The highest BCUT2D eigenvalue weighted by atomic mass is 19.3. The number of halogens is 2. The van der Waals surface area contributed by atoms with Gasteiger partial charge in [-0.2, -0.15) is 5.10 Å². The van der Waals surface area contributed by atoms with Crippen LogP contribution in [0.25, 0.3) is 16.9 Å². The first-order valence-corrected chi connectivity index (χ1v) is 7.75. The van der Waals surface area contributed by atoms with Crippen molar-refractivity contribution in [1.82, 2.24) is 19.5 Å². The third kappa shape index (κ3) is 2.85. The van der Waals surface area contributed by atoms with Crippen molar-refractivity contribution in [3.8, 4) is 11.3 Å². The molecule has 4 rings (SSSR count). The van der Waals surface area contributed by atoms with Crippen molar-refractivity contribution >= 4 is 11.6 Å². The molecule has 2 N–H and O–H groups in total. The number of fused-ring (bicyclic) bond motifs is 1. The van der Waals surface area contributed by atoms with Crippen LogP contribution in [-0.2, 0) is 6.54 Å². The highest BCUT2D eigenvalue weighted by Crippen LogP contribution is 2.28. The van der Waals surface area contributed by atoms with E-state index in [1.54, 1.807) is 21.5 Å². The second-order valence-corrected chi connectivity index (χ2v) is 6.19. The van der Waals surface area contributed by atoms with Gasteiger partial charge in [0.15, 0.2) is 5.65 Å². The molecule has 1 aliphatic heterocycles. The van der Waals surface area contributed by atoms with Gasteiger partial charge in [0.05, 0.1) is 24.3 Å². The molecule has 1 fully saturated rings. The molecular formula is C17H15F2N5O. The van der Waals surface area contributed by atoms with E-state index in [2.05, 4.69) is 10.1 Å². The molecule has 0 spiro atoms. The maximum atomic E-state index is 12.9. The number of nitrogens with two attached hydrogens (primary N) is 1. The van der Waals surface area contributed by atoms with Crippen LogP contribution in [0.2, 0.25) is 0 Å². The first kappa shape index (κ1) is 15.6. The van der Waals surface area contributed by atoms with E-state index in [0.29, 0.717) is 17.8 Å². The Bertz CT molecular complexity index is 943. The number of aromatic nitrogens is 3. The van der Waals surface area contributed by atoms with Crippen molar-refractivity contribution in [2.24, 2.45) is 5.73 Å². The summed E-state index contributed by atoms with van der Waals surface area (Å²) in [5, 5.41) is 4.15. The van der Waals surface area contributed by atoms with Gasteiger partial charge in [-0.15, -0.1) is 0 Å². The van der Waals surface area contributed by atoms with E-state index < -0.39 is 11.8 Å². The summed E-state index contributed by atoms with van der Waals surface area (Å²) < 4.78 is 27.3. The highest BCUT2D eigenvalue weighted by molar-refractivity contribution is 5.99. The van der Waals surface area contributed by atoms with Gasteiger partial charge in [0.2, 0.25) is 0 Å². The van der Waals surface area contributed by atoms with Gasteiger partial charge in [-0.05, 0) is 17.7 Å². The molecule has 1 amide bonds. The second-order valence-electron chi connectivity index (χ2n) is 6.19. The molecule has 1 aliphatic rings. The van der Waals surface area contributed by atoms with E-state index in [1.807, 2.05) is 24.3 Å². The molecule has 1 saturated heterocycles. The average molecular weight is 343 g/mol. The average Bonchev–Trinajstić information content (AvgIpc) is 3.02. The molecule has 2 aromatic heterocycles. The van der Waals surface area contributed by atoms with Crippen LogP contribution in [-0.4, -0.2) is 44.4 Å². The van der Waals surface area contributed by atoms with Crippen molar-refractivity contribution in [3.63, 3.8) is 0 Å². The molecule has 128 valence electrons. The van der Waals surface area contributed by atoms with Crippen LogP contribution >= 0.6 is 0 Å². The standard InChI is InChI=1S/C17H15F2N5O/c18-17(19)8-23(9-17)7-11-1-3-12(4-2-11)14-6-5-13(15(20)25)16-21-10-22-24(14)16/h1-6,10H,7-9H2,(H2,20,25). The molecule has 0 bridgehead atoms. The summed E-state index contributed by atoms with van der Waals surface area (Å²) in [7, 11) is 0. The Hall–Kier alpha value is -2.87. The smallest absolute Gasteiger partial charge is 0.272 e. The van der Waals surface area contributed by atoms with Crippen molar-refractivity contribution in [2.45, 2.75) is 12.5 Å². The fourth-order valence-electron chi connectivity index (χ4n) is 3.08. The number of pyridine rings is 1. The summed E-state index contributed by atoms with van der Waals surface area (Å²) in [5.74, 6) is -3.12. The topological polar surface area (TPSA) is 76.5 Å². The number of likely N-dealkylation sites (tertiary alicyclic amines) is 1. The normalized spacial score (nSPS) is 16.7. The van der Waals surface area contributed by atoms with Gasteiger partial charge >= 0.3 is 0 Å². The molecule has 6 nitrogen and oxygen atoms in total. The monoisotopic (exact) mass is 343 g/mol. The molecule has 0 saturated carbocycles. The Morgan fingerprint density at radius 2 is 1.88 bits per heavy atom. The number of nitrogens with zero attached hydrogens (tertiary/aromatic N) is 4. The number of carbonyl (C=O) groups excluding carboxylic acids is 1. The number of amides is 1. The van der Waals surface area contributed by atoms with Crippen LogP contribution in [0.3, 0.4) is 0 Å². The molecular weight excluding hydrogens is 328 g/mol. The largest absolute Gasteiger partial charge is 0.365 e. The number of rotatable bonds is 4. The van der Waals surface area contributed by atoms with Crippen molar-refractivity contribution in [1.29, 1.82) is 0 Å². The second kappa shape index (κ2) is 5.59. The predicted octanol–water partition coefficient (Wildman–Crippen LogP) is 1.95. The highest BCUT2D eigenvalue weighted by Gasteiger charge is 2.43. The van der Waals surface area contributed by atoms with Crippen LogP contribution in [0.4, 0.5) is 8.78 Å². The van der Waals surface area contributed by atoms with Gasteiger partial charge in [0.25, 0.3) is 11.8 Å².